The van der Waals surface area contributed by atoms with Crippen LogP contribution in [0.25, 0.3) is 0 Å². The van der Waals surface area contributed by atoms with Crippen LogP contribution in [0, 0.1) is 0 Å². The van der Waals surface area contributed by atoms with Crippen molar-refractivity contribution in [1.82, 2.24) is 20.4 Å². The fourth-order valence-electron chi connectivity index (χ4n) is 2.29. The molecule has 0 atom stereocenters. The first-order valence-corrected chi connectivity index (χ1v) is 9.92. The van der Waals surface area contributed by atoms with Crippen LogP contribution in [0.1, 0.15) is 18.9 Å². The second-order valence-corrected chi connectivity index (χ2v) is 7.22. The molecular weight excluding hydrogens is 481 g/mol. The van der Waals surface area contributed by atoms with E-state index in [0.29, 0.717) is 0 Å². The molecule has 0 spiro atoms. The summed E-state index contributed by atoms with van der Waals surface area (Å²) in [6.07, 6.45) is 5.99. The predicted molar refractivity (Wildman–Crippen MR) is 123 cm³/mol. The van der Waals surface area contributed by atoms with Gasteiger partial charge in [0.25, 0.3) is 0 Å². The first kappa shape index (κ1) is 23.1. The third-order valence-corrected chi connectivity index (χ3v) is 4.74. The summed E-state index contributed by atoms with van der Waals surface area (Å²) in [6.45, 7) is 4.60. The van der Waals surface area contributed by atoms with Crippen molar-refractivity contribution in [3.8, 4) is 0 Å². The number of aromatic nitrogens is 2. The first-order chi connectivity index (χ1) is 12.2. The van der Waals surface area contributed by atoms with Gasteiger partial charge in [-0.2, -0.15) is 5.10 Å². The summed E-state index contributed by atoms with van der Waals surface area (Å²) in [4.78, 5) is 5.86. The van der Waals surface area contributed by atoms with Crippen molar-refractivity contribution in [2.75, 3.05) is 25.4 Å². The zero-order valence-corrected chi connectivity index (χ0v) is 19.1. The molecule has 1 aromatic heterocycles. The topological polar surface area (TPSA) is 54.2 Å². The molecule has 0 fully saturated rings. The Morgan fingerprint density at radius 3 is 2.69 bits per heavy atom. The quantitative estimate of drug-likeness (QED) is 0.177. The molecule has 0 saturated heterocycles. The maximum atomic E-state index is 5.90. The molecule has 0 saturated carbocycles. The van der Waals surface area contributed by atoms with E-state index < -0.39 is 0 Å². The Labute approximate surface area is 182 Å². The largest absolute Gasteiger partial charge is 0.357 e. The van der Waals surface area contributed by atoms with Crippen LogP contribution in [0.15, 0.2) is 46.5 Å². The molecule has 0 aliphatic rings. The lowest BCUT2D eigenvalue weighted by atomic mass is 10.2. The number of thioether (sulfide) groups is 1. The smallest absolute Gasteiger partial charge is 0.191 e. The third kappa shape index (κ3) is 9.14. The lowest BCUT2D eigenvalue weighted by Gasteiger charge is -2.11. The number of nitrogens with zero attached hydrogens (tertiary/aromatic N) is 3. The Morgan fingerprint density at radius 2 is 2.04 bits per heavy atom. The monoisotopic (exact) mass is 507 g/mol. The van der Waals surface area contributed by atoms with Gasteiger partial charge in [-0.1, -0.05) is 11.6 Å². The van der Waals surface area contributed by atoms with Crippen molar-refractivity contribution in [2.24, 2.45) is 12.0 Å². The fraction of sp³-hybridized carbons (Fsp3) is 0.444. The number of hydrogen-bond acceptors (Lipinski definition) is 3. The van der Waals surface area contributed by atoms with Crippen molar-refractivity contribution >= 4 is 53.3 Å². The molecule has 1 aromatic carbocycles. The van der Waals surface area contributed by atoms with Crippen LogP contribution in [0.5, 0.6) is 0 Å². The van der Waals surface area contributed by atoms with Gasteiger partial charge in [0.1, 0.15) is 0 Å². The molecule has 0 amide bonds. The van der Waals surface area contributed by atoms with Crippen LogP contribution in [0.3, 0.4) is 0 Å². The lowest BCUT2D eigenvalue weighted by Crippen LogP contribution is -2.38. The number of rotatable bonds is 9. The van der Waals surface area contributed by atoms with Crippen molar-refractivity contribution in [1.29, 1.82) is 0 Å². The lowest BCUT2D eigenvalue weighted by molar-refractivity contribution is 0.764. The van der Waals surface area contributed by atoms with E-state index in [2.05, 4.69) is 33.8 Å². The highest BCUT2D eigenvalue weighted by molar-refractivity contribution is 14.0. The Hall–Kier alpha value is -0.930. The van der Waals surface area contributed by atoms with E-state index in [-0.39, 0.29) is 24.0 Å². The molecule has 0 aliphatic heterocycles. The van der Waals surface area contributed by atoms with E-state index >= 15 is 0 Å². The number of hydrogen-bond donors (Lipinski definition) is 2. The van der Waals surface area contributed by atoms with Crippen LogP contribution in [0.4, 0.5) is 0 Å². The van der Waals surface area contributed by atoms with Crippen LogP contribution >= 0.6 is 47.3 Å². The maximum absolute atomic E-state index is 5.90. The van der Waals surface area contributed by atoms with Gasteiger partial charge in [0.05, 0.1) is 6.20 Å². The standard InChI is InChI=1S/C18H26ClN5S.HI/c1-3-20-18(21-10-4-5-15-13-23-24(2)14-15)22-11-12-25-17-8-6-16(19)7-9-17;/h6-9,13-14H,3-5,10-12H2,1-2H3,(H2,20,21,22);1H. The summed E-state index contributed by atoms with van der Waals surface area (Å²) in [5.74, 6) is 1.85. The zero-order chi connectivity index (χ0) is 17.9. The molecule has 144 valence electrons. The van der Waals surface area contributed by atoms with E-state index in [1.807, 2.05) is 42.2 Å². The van der Waals surface area contributed by atoms with Gasteiger partial charge in [-0.05, 0) is 49.6 Å². The van der Waals surface area contributed by atoms with Crippen molar-refractivity contribution in [2.45, 2.75) is 24.7 Å². The van der Waals surface area contributed by atoms with Crippen LogP contribution < -0.4 is 10.6 Å². The van der Waals surface area contributed by atoms with Gasteiger partial charge in [-0.15, -0.1) is 35.7 Å². The SMILES string of the molecule is CCNC(=NCCCc1cnn(C)c1)NCCSc1ccc(Cl)cc1.I. The third-order valence-electron chi connectivity index (χ3n) is 3.47. The molecule has 26 heavy (non-hydrogen) atoms. The van der Waals surface area contributed by atoms with E-state index in [1.54, 1.807) is 11.8 Å². The van der Waals surface area contributed by atoms with Gasteiger partial charge in [0.2, 0.25) is 0 Å². The summed E-state index contributed by atoms with van der Waals surface area (Å²) in [6, 6.07) is 7.94. The molecule has 0 radical (unpaired) electrons. The number of aliphatic imine (C=N–C) groups is 1. The summed E-state index contributed by atoms with van der Waals surface area (Å²) in [5, 5.41) is 11.6. The van der Waals surface area contributed by atoms with Gasteiger partial charge >= 0.3 is 0 Å². The van der Waals surface area contributed by atoms with E-state index in [9.17, 15) is 0 Å². The Bertz CT molecular complexity index is 660. The average molecular weight is 508 g/mol. The second-order valence-electron chi connectivity index (χ2n) is 5.62. The first-order valence-electron chi connectivity index (χ1n) is 8.55. The predicted octanol–water partition coefficient (Wildman–Crippen LogP) is 3.97. The summed E-state index contributed by atoms with van der Waals surface area (Å²) < 4.78 is 1.84. The average Bonchev–Trinajstić information content (AvgIpc) is 3.02. The van der Waals surface area contributed by atoms with Gasteiger partial charge in [-0.25, -0.2) is 0 Å². The summed E-state index contributed by atoms with van der Waals surface area (Å²) in [7, 11) is 1.94. The molecule has 2 rings (SSSR count). The van der Waals surface area contributed by atoms with Crippen molar-refractivity contribution in [3.05, 3.63) is 47.2 Å². The Kier molecular flexibility index (Phi) is 11.8. The number of aryl methyl sites for hydroxylation is 2. The van der Waals surface area contributed by atoms with Crippen LogP contribution in [0.2, 0.25) is 5.02 Å². The van der Waals surface area contributed by atoms with Gasteiger partial charge in [0, 0.05) is 48.5 Å². The van der Waals surface area contributed by atoms with Crippen LogP contribution in [-0.2, 0) is 13.5 Å². The highest BCUT2D eigenvalue weighted by Crippen LogP contribution is 2.19. The highest BCUT2D eigenvalue weighted by Gasteiger charge is 1.99. The zero-order valence-electron chi connectivity index (χ0n) is 15.2. The number of halogens is 2. The van der Waals surface area contributed by atoms with Gasteiger partial charge in [-0.3, -0.25) is 9.67 Å². The minimum absolute atomic E-state index is 0. The molecule has 0 unspecified atom stereocenters. The van der Waals surface area contributed by atoms with E-state index in [0.717, 1.165) is 49.2 Å². The highest BCUT2D eigenvalue weighted by atomic mass is 127. The van der Waals surface area contributed by atoms with Crippen LogP contribution in [-0.4, -0.2) is 41.1 Å². The normalized spacial score (nSPS) is 11.1. The Morgan fingerprint density at radius 1 is 1.27 bits per heavy atom. The molecule has 1 heterocycles. The number of nitrogens with one attached hydrogen (secondary N) is 2. The molecular formula is C18H27ClIN5S. The number of benzene rings is 1. The minimum atomic E-state index is 0. The fourth-order valence-corrected chi connectivity index (χ4v) is 3.18. The molecule has 8 heteroatoms. The summed E-state index contributed by atoms with van der Waals surface area (Å²) >= 11 is 7.70. The van der Waals surface area contributed by atoms with Crippen molar-refractivity contribution < 1.29 is 0 Å². The molecule has 0 bridgehead atoms. The minimum Gasteiger partial charge on any atom is -0.357 e. The number of guanidine groups is 1. The van der Waals surface area contributed by atoms with Crippen molar-refractivity contribution in [3.63, 3.8) is 0 Å². The molecule has 0 aliphatic carbocycles. The Balaban J connectivity index is 0.00000338. The maximum Gasteiger partial charge on any atom is 0.191 e. The van der Waals surface area contributed by atoms with E-state index in [4.69, 9.17) is 11.6 Å². The van der Waals surface area contributed by atoms with Gasteiger partial charge < -0.3 is 10.6 Å². The van der Waals surface area contributed by atoms with Gasteiger partial charge in [0.15, 0.2) is 5.96 Å². The van der Waals surface area contributed by atoms with E-state index in [1.165, 1.54) is 10.5 Å². The molecule has 2 aromatic rings. The summed E-state index contributed by atoms with van der Waals surface area (Å²) in [5.41, 5.74) is 1.26. The second kappa shape index (κ2) is 13.3. The molecule has 5 nitrogen and oxygen atoms in total. The molecule has 2 N–H and O–H groups in total.